The molecule has 0 saturated carbocycles. The fraction of sp³-hybridized carbons (Fsp3) is 0.103. The van der Waals surface area contributed by atoms with E-state index in [0.717, 1.165) is 44.1 Å². The molecule has 3 aromatic heterocycles. The number of aromatic nitrogens is 2. The number of halogens is 1. The minimum atomic E-state index is -0.174. The summed E-state index contributed by atoms with van der Waals surface area (Å²) in [5.74, 6) is 0.733. The predicted octanol–water partition coefficient (Wildman–Crippen LogP) is 7.74. The van der Waals surface area contributed by atoms with Crippen molar-refractivity contribution < 1.29 is 9.21 Å². The van der Waals surface area contributed by atoms with Crippen LogP contribution in [0.15, 0.2) is 101 Å². The second-order valence-corrected chi connectivity index (χ2v) is 9.99. The molecule has 37 heavy (non-hydrogen) atoms. The average molecular weight is 527 g/mol. The van der Waals surface area contributed by atoms with Crippen LogP contribution in [0.2, 0.25) is 5.02 Å². The van der Waals surface area contributed by atoms with Crippen molar-refractivity contribution in [1.82, 2.24) is 14.3 Å². The first-order valence-corrected chi connectivity index (χ1v) is 13.2. The van der Waals surface area contributed by atoms with Crippen molar-refractivity contribution in [1.29, 1.82) is 0 Å². The van der Waals surface area contributed by atoms with Gasteiger partial charge in [-0.15, -0.1) is 11.3 Å². The highest BCUT2D eigenvalue weighted by Crippen LogP contribution is 2.26. The number of furan rings is 1. The second-order valence-electron chi connectivity index (χ2n) is 8.72. The number of hydrogen-bond donors (Lipinski definition) is 1. The molecule has 184 valence electrons. The summed E-state index contributed by atoms with van der Waals surface area (Å²) in [4.78, 5) is 20.9. The van der Waals surface area contributed by atoms with Crippen molar-refractivity contribution in [2.45, 2.75) is 13.0 Å². The third-order valence-electron chi connectivity index (χ3n) is 6.31. The Morgan fingerprint density at radius 2 is 1.86 bits per heavy atom. The van der Waals surface area contributed by atoms with Crippen LogP contribution in [0.3, 0.4) is 0 Å². The Labute approximate surface area is 222 Å². The Balaban J connectivity index is 1.23. The van der Waals surface area contributed by atoms with Gasteiger partial charge in [-0.3, -0.25) is 4.40 Å². The van der Waals surface area contributed by atoms with Crippen molar-refractivity contribution in [3.8, 4) is 11.3 Å². The highest BCUT2D eigenvalue weighted by Gasteiger charge is 2.18. The zero-order chi connectivity index (χ0) is 25.2. The Kier molecular flexibility index (Phi) is 6.39. The highest BCUT2D eigenvalue weighted by molar-refractivity contribution is 7.15. The summed E-state index contributed by atoms with van der Waals surface area (Å²) in [6, 6.07) is 25.2. The molecule has 0 radical (unpaired) electrons. The molecule has 0 aliphatic rings. The molecule has 0 saturated heterocycles. The molecule has 8 heteroatoms. The van der Waals surface area contributed by atoms with Crippen LogP contribution >= 0.6 is 22.9 Å². The van der Waals surface area contributed by atoms with Gasteiger partial charge in [0, 0.05) is 46.2 Å². The van der Waals surface area contributed by atoms with Gasteiger partial charge in [0.2, 0.25) is 0 Å². The van der Waals surface area contributed by atoms with E-state index >= 15 is 0 Å². The Morgan fingerprint density at radius 3 is 2.70 bits per heavy atom. The molecule has 0 unspecified atom stereocenters. The second kappa shape index (κ2) is 10.1. The van der Waals surface area contributed by atoms with Crippen molar-refractivity contribution in [3.05, 3.63) is 113 Å². The summed E-state index contributed by atoms with van der Waals surface area (Å²) in [5.41, 5.74) is 3.79. The summed E-state index contributed by atoms with van der Waals surface area (Å²) in [5, 5.41) is 7.99. The summed E-state index contributed by atoms with van der Waals surface area (Å²) in [6.07, 6.45) is 4.33. The smallest absolute Gasteiger partial charge is 0.322 e. The molecule has 0 bridgehead atoms. The quantitative estimate of drug-likeness (QED) is 0.231. The van der Waals surface area contributed by atoms with Crippen LogP contribution in [0.5, 0.6) is 0 Å². The van der Waals surface area contributed by atoms with Crippen molar-refractivity contribution >= 4 is 50.4 Å². The molecule has 0 atom stereocenters. The molecule has 0 fully saturated rings. The van der Waals surface area contributed by atoms with E-state index < -0.39 is 0 Å². The number of amides is 2. The minimum absolute atomic E-state index is 0.174. The third kappa shape index (κ3) is 4.96. The lowest BCUT2D eigenvalue weighted by Gasteiger charge is -2.22. The number of thiazole rings is 1. The number of benzene rings is 3. The number of nitrogens with one attached hydrogen (secondary N) is 1. The number of anilines is 1. The van der Waals surface area contributed by atoms with Gasteiger partial charge < -0.3 is 14.6 Å². The molecule has 1 N–H and O–H groups in total. The summed E-state index contributed by atoms with van der Waals surface area (Å²) in [7, 11) is 0. The van der Waals surface area contributed by atoms with Gasteiger partial charge in [-0.05, 0) is 35.7 Å². The molecule has 3 aromatic carbocycles. The molecule has 0 aliphatic heterocycles. The zero-order valence-electron chi connectivity index (χ0n) is 19.8. The van der Waals surface area contributed by atoms with Gasteiger partial charge in [0.15, 0.2) is 4.96 Å². The normalized spacial score (nSPS) is 11.3. The molecule has 0 aliphatic carbocycles. The first-order chi connectivity index (χ1) is 18.1. The van der Waals surface area contributed by atoms with E-state index in [2.05, 4.69) is 15.1 Å². The highest BCUT2D eigenvalue weighted by atomic mass is 35.5. The van der Waals surface area contributed by atoms with Gasteiger partial charge in [-0.25, -0.2) is 9.78 Å². The maximum absolute atomic E-state index is 13.5. The minimum Gasteiger partial charge on any atom is -0.467 e. The van der Waals surface area contributed by atoms with Crippen molar-refractivity contribution in [3.63, 3.8) is 0 Å². The van der Waals surface area contributed by atoms with Crippen LogP contribution in [-0.4, -0.2) is 26.9 Å². The first kappa shape index (κ1) is 23.3. The van der Waals surface area contributed by atoms with E-state index in [1.54, 1.807) is 22.5 Å². The summed E-state index contributed by atoms with van der Waals surface area (Å²) < 4.78 is 7.66. The molecular weight excluding hydrogens is 504 g/mol. The van der Waals surface area contributed by atoms with Gasteiger partial charge >= 0.3 is 6.03 Å². The number of imidazole rings is 1. The van der Waals surface area contributed by atoms with E-state index in [0.29, 0.717) is 24.5 Å². The molecule has 6 aromatic rings. The van der Waals surface area contributed by atoms with Gasteiger partial charge in [0.05, 0.1) is 24.2 Å². The molecule has 6 rings (SSSR count). The summed E-state index contributed by atoms with van der Waals surface area (Å²) >= 11 is 7.63. The standard InChI is InChI=1S/C29H23ClN4O2S/c30-22-12-10-21(11-13-22)27-18-34-23(19-37-29(34)32-27)14-15-33(17-24-7-4-16-36-24)28(35)31-26-9-3-6-20-5-1-2-8-25(20)26/h1-13,16,18-19H,14-15,17H2,(H,31,35). The van der Waals surface area contributed by atoms with E-state index in [9.17, 15) is 4.79 Å². The maximum atomic E-state index is 13.5. The monoisotopic (exact) mass is 526 g/mol. The number of nitrogens with zero attached hydrogens (tertiary/aromatic N) is 3. The van der Waals surface area contributed by atoms with Crippen molar-refractivity contribution in [2.75, 3.05) is 11.9 Å². The van der Waals surface area contributed by atoms with Crippen LogP contribution in [0.4, 0.5) is 10.5 Å². The maximum Gasteiger partial charge on any atom is 0.322 e. The average Bonchev–Trinajstić information content (AvgIpc) is 3.66. The molecule has 3 heterocycles. The number of fused-ring (bicyclic) bond motifs is 2. The molecule has 0 spiro atoms. The number of hydrogen-bond acceptors (Lipinski definition) is 4. The predicted molar refractivity (Wildman–Crippen MR) is 149 cm³/mol. The molecule has 6 nitrogen and oxygen atoms in total. The van der Waals surface area contributed by atoms with Gasteiger partial charge in [0.25, 0.3) is 0 Å². The Bertz CT molecular complexity index is 1670. The van der Waals surface area contributed by atoms with Crippen LogP contribution in [0.25, 0.3) is 27.0 Å². The fourth-order valence-electron chi connectivity index (χ4n) is 4.39. The number of carbonyl (C=O) groups excluding carboxylic acids is 1. The summed E-state index contributed by atoms with van der Waals surface area (Å²) in [6.45, 7) is 0.883. The van der Waals surface area contributed by atoms with Crippen LogP contribution < -0.4 is 5.32 Å². The SMILES string of the molecule is O=C(Nc1cccc2ccccc12)N(CCc1csc2nc(-c3ccc(Cl)cc3)cn12)Cc1ccco1. The molecule has 2 amide bonds. The van der Waals surface area contributed by atoms with E-state index in [-0.39, 0.29) is 6.03 Å². The van der Waals surface area contributed by atoms with Gasteiger partial charge in [0.1, 0.15) is 5.76 Å². The largest absolute Gasteiger partial charge is 0.467 e. The zero-order valence-corrected chi connectivity index (χ0v) is 21.4. The number of rotatable bonds is 7. The van der Waals surface area contributed by atoms with Gasteiger partial charge in [-0.2, -0.15) is 0 Å². The lowest BCUT2D eigenvalue weighted by Crippen LogP contribution is -2.36. The number of urea groups is 1. The fourth-order valence-corrected chi connectivity index (χ4v) is 5.42. The molecular formula is C29H23ClN4O2S. The third-order valence-corrected chi connectivity index (χ3v) is 7.45. The Morgan fingerprint density at radius 1 is 1.03 bits per heavy atom. The topological polar surface area (TPSA) is 62.8 Å². The van der Waals surface area contributed by atoms with Gasteiger partial charge in [-0.1, -0.05) is 60.1 Å². The number of carbonyl (C=O) groups is 1. The lowest BCUT2D eigenvalue weighted by atomic mass is 10.1. The van der Waals surface area contributed by atoms with Crippen LogP contribution in [0, 0.1) is 0 Å². The van der Waals surface area contributed by atoms with E-state index in [4.69, 9.17) is 21.0 Å². The first-order valence-electron chi connectivity index (χ1n) is 11.9. The van der Waals surface area contributed by atoms with Crippen LogP contribution in [-0.2, 0) is 13.0 Å². The van der Waals surface area contributed by atoms with Crippen LogP contribution in [0.1, 0.15) is 11.5 Å². The van der Waals surface area contributed by atoms with E-state index in [1.807, 2.05) is 85.1 Å². The Hall–Kier alpha value is -4.07. The van der Waals surface area contributed by atoms with E-state index in [1.165, 1.54) is 0 Å². The lowest BCUT2D eigenvalue weighted by molar-refractivity contribution is 0.204. The van der Waals surface area contributed by atoms with Crippen molar-refractivity contribution in [2.24, 2.45) is 0 Å².